The fraction of sp³-hybridized carbons (Fsp3) is 0.368. The van der Waals surface area contributed by atoms with Gasteiger partial charge in [0, 0.05) is 6.07 Å². The Labute approximate surface area is 156 Å². The normalized spacial score (nSPS) is 16.1. The number of aliphatic hydroxyl groups excluding tert-OH is 1. The number of halogens is 1. The molecule has 0 spiro atoms. The van der Waals surface area contributed by atoms with E-state index in [0.717, 1.165) is 13.1 Å². The molecule has 0 aromatic heterocycles. The van der Waals surface area contributed by atoms with Crippen molar-refractivity contribution in [3.05, 3.63) is 64.5 Å². The lowest BCUT2D eigenvalue weighted by Gasteiger charge is -2.34. The highest BCUT2D eigenvalue weighted by atomic mass is 19.1. The molecular formula is C19H23FN3O4+. The van der Waals surface area contributed by atoms with Gasteiger partial charge in [-0.15, -0.1) is 0 Å². The van der Waals surface area contributed by atoms with Crippen LogP contribution in [0.1, 0.15) is 0 Å². The second-order valence-electron chi connectivity index (χ2n) is 6.58. The summed E-state index contributed by atoms with van der Waals surface area (Å²) >= 11 is 0. The van der Waals surface area contributed by atoms with Gasteiger partial charge in [-0.2, -0.15) is 0 Å². The molecule has 8 heteroatoms. The van der Waals surface area contributed by atoms with Crippen molar-refractivity contribution in [2.75, 3.05) is 44.2 Å². The van der Waals surface area contributed by atoms with Gasteiger partial charge in [-0.1, -0.05) is 24.3 Å². The number of nitrogens with one attached hydrogen (secondary N) is 1. The zero-order valence-electron chi connectivity index (χ0n) is 14.9. The quantitative estimate of drug-likeness (QED) is 0.554. The zero-order valence-corrected chi connectivity index (χ0v) is 14.9. The number of hydrogen-bond acceptors (Lipinski definition) is 5. The van der Waals surface area contributed by atoms with Crippen molar-refractivity contribution in [3.8, 4) is 5.75 Å². The maximum absolute atomic E-state index is 13.9. The van der Waals surface area contributed by atoms with E-state index in [2.05, 4.69) is 0 Å². The molecule has 0 radical (unpaired) electrons. The van der Waals surface area contributed by atoms with E-state index in [0.29, 0.717) is 25.3 Å². The molecule has 144 valence electrons. The van der Waals surface area contributed by atoms with Gasteiger partial charge in [0.25, 0.3) is 0 Å². The van der Waals surface area contributed by atoms with Gasteiger partial charge in [-0.05, 0) is 18.2 Å². The Morgan fingerprint density at radius 3 is 2.56 bits per heavy atom. The number of benzene rings is 2. The van der Waals surface area contributed by atoms with Gasteiger partial charge in [-0.3, -0.25) is 10.1 Å². The molecule has 1 heterocycles. The van der Waals surface area contributed by atoms with Crippen molar-refractivity contribution >= 4 is 11.4 Å². The number of aliphatic hydroxyl groups is 1. The molecule has 2 aromatic rings. The first-order valence-electron chi connectivity index (χ1n) is 8.92. The highest BCUT2D eigenvalue weighted by Crippen LogP contribution is 2.25. The smallest absolute Gasteiger partial charge is 0.310 e. The summed E-state index contributed by atoms with van der Waals surface area (Å²) < 4.78 is 19.3. The number of rotatable bonds is 7. The van der Waals surface area contributed by atoms with E-state index in [1.165, 1.54) is 23.1 Å². The summed E-state index contributed by atoms with van der Waals surface area (Å²) in [5, 5.41) is 21.2. The molecule has 0 saturated carbocycles. The van der Waals surface area contributed by atoms with Gasteiger partial charge in [0.2, 0.25) is 0 Å². The third kappa shape index (κ3) is 4.93. The number of nitro groups is 1. The Bertz CT molecular complexity index is 781. The minimum Gasteiger partial charge on any atom is -0.484 e. The van der Waals surface area contributed by atoms with Crippen LogP contribution in [0.3, 0.4) is 0 Å². The van der Waals surface area contributed by atoms with Crippen LogP contribution in [0.4, 0.5) is 15.8 Å². The molecule has 1 aliphatic rings. The molecule has 0 bridgehead atoms. The molecular weight excluding hydrogens is 353 g/mol. The highest BCUT2D eigenvalue weighted by Gasteiger charge is 2.24. The Morgan fingerprint density at radius 1 is 1.19 bits per heavy atom. The molecule has 0 amide bonds. The highest BCUT2D eigenvalue weighted by molar-refractivity contribution is 5.47. The topological polar surface area (TPSA) is 80.3 Å². The van der Waals surface area contributed by atoms with Gasteiger partial charge < -0.3 is 19.6 Å². The van der Waals surface area contributed by atoms with Gasteiger partial charge in [-0.25, -0.2) is 4.39 Å². The van der Waals surface area contributed by atoms with Gasteiger partial charge >= 0.3 is 5.69 Å². The largest absolute Gasteiger partial charge is 0.484 e. The molecule has 1 aliphatic heterocycles. The fourth-order valence-corrected chi connectivity index (χ4v) is 3.28. The Balaban J connectivity index is 1.47. The molecule has 0 unspecified atom stereocenters. The van der Waals surface area contributed by atoms with Gasteiger partial charge in [0.1, 0.15) is 25.1 Å². The predicted molar refractivity (Wildman–Crippen MR) is 98.8 cm³/mol. The van der Waals surface area contributed by atoms with Crippen LogP contribution in [0, 0.1) is 15.9 Å². The van der Waals surface area contributed by atoms with Crippen LogP contribution in [-0.2, 0) is 0 Å². The van der Waals surface area contributed by atoms with Crippen molar-refractivity contribution in [2.24, 2.45) is 0 Å². The van der Waals surface area contributed by atoms with Crippen LogP contribution in [-0.4, -0.2) is 55.5 Å². The first-order valence-corrected chi connectivity index (χ1v) is 8.92. The van der Waals surface area contributed by atoms with E-state index in [4.69, 9.17) is 4.74 Å². The van der Waals surface area contributed by atoms with E-state index in [9.17, 15) is 19.6 Å². The molecule has 2 N–H and O–H groups in total. The number of piperazine rings is 1. The van der Waals surface area contributed by atoms with Gasteiger partial charge in [0.15, 0.2) is 5.75 Å². The van der Waals surface area contributed by atoms with Crippen LogP contribution in [0.5, 0.6) is 5.75 Å². The van der Waals surface area contributed by atoms with E-state index in [1.807, 2.05) is 11.0 Å². The van der Waals surface area contributed by atoms with Crippen molar-refractivity contribution in [1.29, 1.82) is 0 Å². The lowest BCUT2D eigenvalue weighted by atomic mass is 10.2. The molecule has 0 aliphatic carbocycles. The maximum Gasteiger partial charge on any atom is 0.310 e. The molecule has 1 saturated heterocycles. The van der Waals surface area contributed by atoms with Crippen LogP contribution in [0.2, 0.25) is 0 Å². The average Bonchev–Trinajstić information content (AvgIpc) is 2.68. The first-order chi connectivity index (χ1) is 13.0. The number of nitrogens with zero attached hydrogens (tertiary/aromatic N) is 2. The second kappa shape index (κ2) is 8.79. The lowest BCUT2D eigenvalue weighted by molar-refractivity contribution is -0.903. The minimum atomic E-state index is -0.736. The average molecular weight is 376 g/mol. The fourth-order valence-electron chi connectivity index (χ4n) is 3.28. The molecule has 7 nitrogen and oxygen atoms in total. The van der Waals surface area contributed by atoms with Crippen LogP contribution < -0.4 is 14.5 Å². The lowest BCUT2D eigenvalue weighted by Crippen LogP contribution is -3.16. The van der Waals surface area contributed by atoms with E-state index >= 15 is 0 Å². The Morgan fingerprint density at radius 2 is 1.85 bits per heavy atom. The Kier molecular flexibility index (Phi) is 6.20. The van der Waals surface area contributed by atoms with Crippen molar-refractivity contribution < 1.29 is 24.1 Å². The molecule has 2 aromatic carbocycles. The van der Waals surface area contributed by atoms with Gasteiger partial charge in [0.05, 0.1) is 36.8 Å². The molecule has 1 fully saturated rings. The molecule has 27 heavy (non-hydrogen) atoms. The number of nitro benzene ring substituents is 1. The number of hydrogen-bond donors (Lipinski definition) is 2. The summed E-state index contributed by atoms with van der Waals surface area (Å²) in [5.41, 5.74) is 0.493. The molecule has 1 atom stereocenters. The Hall–Kier alpha value is -2.71. The van der Waals surface area contributed by atoms with Crippen LogP contribution in [0.25, 0.3) is 0 Å². The third-order valence-electron chi connectivity index (χ3n) is 4.68. The number of quaternary nitrogens is 1. The summed E-state index contributed by atoms with van der Waals surface area (Å²) in [7, 11) is 0. The third-order valence-corrected chi connectivity index (χ3v) is 4.68. The summed E-state index contributed by atoms with van der Waals surface area (Å²) in [6.07, 6.45) is -0.736. The number of anilines is 1. The number of ether oxygens (including phenoxy) is 1. The van der Waals surface area contributed by atoms with Crippen molar-refractivity contribution in [1.82, 2.24) is 0 Å². The first kappa shape index (κ1) is 19.1. The number of para-hydroxylation sites is 3. The minimum absolute atomic E-state index is 0.00855. The van der Waals surface area contributed by atoms with Crippen molar-refractivity contribution in [2.45, 2.75) is 6.10 Å². The molecule has 3 rings (SSSR count). The summed E-state index contributed by atoms with van der Waals surface area (Å²) in [6.45, 7) is 3.42. The van der Waals surface area contributed by atoms with E-state index in [-0.39, 0.29) is 23.9 Å². The summed E-state index contributed by atoms with van der Waals surface area (Å²) in [5.74, 6) is -0.0697. The predicted octanol–water partition coefficient (Wildman–Crippen LogP) is 0.879. The van der Waals surface area contributed by atoms with Crippen LogP contribution in [0.15, 0.2) is 48.5 Å². The summed E-state index contributed by atoms with van der Waals surface area (Å²) in [6, 6.07) is 12.8. The standard InChI is InChI=1S/C19H22FN3O4/c20-16-5-1-2-6-17(16)22-11-9-21(10-12-22)13-15(24)14-27-19-8-4-3-7-18(19)23(25)26/h1-8,15,24H,9-14H2/p+1/t15-/m0/s1. The monoisotopic (exact) mass is 376 g/mol. The SMILES string of the molecule is O=[N+]([O-])c1ccccc1OC[C@@H](O)C[NH+]1CCN(c2ccccc2F)CC1. The van der Waals surface area contributed by atoms with E-state index in [1.54, 1.807) is 24.3 Å². The van der Waals surface area contributed by atoms with Crippen LogP contribution >= 0.6 is 0 Å². The second-order valence-corrected chi connectivity index (χ2v) is 6.58. The van der Waals surface area contributed by atoms with Crippen molar-refractivity contribution in [3.63, 3.8) is 0 Å². The maximum atomic E-state index is 13.9. The zero-order chi connectivity index (χ0) is 19.2. The summed E-state index contributed by atoms with van der Waals surface area (Å²) in [4.78, 5) is 13.7. The van der Waals surface area contributed by atoms with E-state index < -0.39 is 11.0 Å².